The normalized spacial score (nSPS) is 14.0. The summed E-state index contributed by atoms with van der Waals surface area (Å²) in [6, 6.07) is 15.9. The minimum atomic E-state index is -4.56. The molecule has 208 valence electrons. The van der Waals surface area contributed by atoms with E-state index in [1.165, 1.54) is 10.6 Å². The van der Waals surface area contributed by atoms with Gasteiger partial charge in [0.25, 0.3) is 5.56 Å². The standard InChI is InChI=1S/C29H27F3N4O3S/c1-18-6-5-9-24(19(18)2)36-27(38)21-7-3-4-8-22(21)34-28(36)40-17-26(37)33-23-16-20(29(30,31)32)10-11-25(23)35-12-14-39-15-13-35/h3-11,16H,12-15,17H2,1-2H3,(H,33,37). The maximum absolute atomic E-state index is 13.6. The van der Waals surface area contributed by atoms with Crippen LogP contribution in [0.3, 0.4) is 0 Å². The van der Waals surface area contributed by atoms with Gasteiger partial charge in [-0.05, 0) is 61.4 Å². The second-order valence-corrected chi connectivity index (χ2v) is 10.4. The molecule has 0 radical (unpaired) electrons. The fourth-order valence-electron chi connectivity index (χ4n) is 4.61. The van der Waals surface area contributed by atoms with Crippen LogP contribution in [0.15, 0.2) is 70.6 Å². The van der Waals surface area contributed by atoms with Crippen LogP contribution in [0.5, 0.6) is 0 Å². The summed E-state index contributed by atoms with van der Waals surface area (Å²) in [4.78, 5) is 33.3. The summed E-state index contributed by atoms with van der Waals surface area (Å²) >= 11 is 1.05. The van der Waals surface area contributed by atoms with E-state index in [1.54, 1.807) is 24.3 Å². The van der Waals surface area contributed by atoms with Crippen molar-refractivity contribution in [3.63, 3.8) is 0 Å². The summed E-state index contributed by atoms with van der Waals surface area (Å²) < 4.78 is 47.3. The minimum Gasteiger partial charge on any atom is -0.378 e. The maximum Gasteiger partial charge on any atom is 0.416 e. The lowest BCUT2D eigenvalue weighted by atomic mass is 10.1. The van der Waals surface area contributed by atoms with Gasteiger partial charge in [-0.15, -0.1) is 0 Å². The Kier molecular flexibility index (Phi) is 7.86. The molecule has 11 heteroatoms. The zero-order chi connectivity index (χ0) is 28.4. The Morgan fingerprint density at radius 2 is 1.77 bits per heavy atom. The Morgan fingerprint density at radius 3 is 2.52 bits per heavy atom. The van der Waals surface area contributed by atoms with Crippen molar-refractivity contribution in [3.8, 4) is 5.69 Å². The van der Waals surface area contributed by atoms with E-state index in [4.69, 9.17) is 4.74 Å². The number of hydrogen-bond acceptors (Lipinski definition) is 6. The molecule has 40 heavy (non-hydrogen) atoms. The number of nitrogens with zero attached hydrogens (tertiary/aromatic N) is 3. The van der Waals surface area contributed by atoms with Gasteiger partial charge in [-0.3, -0.25) is 14.2 Å². The van der Waals surface area contributed by atoms with Gasteiger partial charge in [0.1, 0.15) is 0 Å². The number of alkyl halides is 3. The van der Waals surface area contributed by atoms with E-state index in [9.17, 15) is 22.8 Å². The molecule has 1 aliphatic rings. The van der Waals surface area contributed by atoms with Gasteiger partial charge >= 0.3 is 6.18 Å². The van der Waals surface area contributed by atoms with Crippen LogP contribution in [-0.2, 0) is 15.7 Å². The van der Waals surface area contributed by atoms with Crippen LogP contribution in [-0.4, -0.2) is 47.5 Å². The molecule has 2 heterocycles. The molecule has 0 bridgehead atoms. The molecule has 1 aliphatic heterocycles. The maximum atomic E-state index is 13.6. The quantitative estimate of drug-likeness (QED) is 0.242. The number of carbonyl (C=O) groups is 1. The molecule has 0 aliphatic carbocycles. The van der Waals surface area contributed by atoms with Crippen molar-refractivity contribution in [2.75, 3.05) is 42.3 Å². The van der Waals surface area contributed by atoms with Crippen LogP contribution in [0.1, 0.15) is 16.7 Å². The van der Waals surface area contributed by atoms with E-state index in [1.807, 2.05) is 36.9 Å². The van der Waals surface area contributed by atoms with Gasteiger partial charge in [0.05, 0.1) is 52.5 Å². The Balaban J connectivity index is 1.47. The van der Waals surface area contributed by atoms with E-state index in [-0.39, 0.29) is 17.0 Å². The third-order valence-corrected chi connectivity index (χ3v) is 7.78. The van der Waals surface area contributed by atoms with Crippen molar-refractivity contribution in [1.82, 2.24) is 9.55 Å². The smallest absolute Gasteiger partial charge is 0.378 e. The number of hydrogen-bond donors (Lipinski definition) is 1. The number of amides is 1. The number of morpholine rings is 1. The molecule has 7 nitrogen and oxygen atoms in total. The second kappa shape index (κ2) is 11.3. The predicted molar refractivity (Wildman–Crippen MR) is 151 cm³/mol. The van der Waals surface area contributed by atoms with Crippen LogP contribution >= 0.6 is 11.8 Å². The zero-order valence-electron chi connectivity index (χ0n) is 21.9. The van der Waals surface area contributed by atoms with Gasteiger partial charge in [0.2, 0.25) is 5.91 Å². The van der Waals surface area contributed by atoms with Gasteiger partial charge < -0.3 is 15.0 Å². The summed E-state index contributed by atoms with van der Waals surface area (Å²) in [5, 5.41) is 3.42. The van der Waals surface area contributed by atoms with Gasteiger partial charge in [-0.25, -0.2) is 4.98 Å². The van der Waals surface area contributed by atoms with Gasteiger partial charge in [0, 0.05) is 13.1 Å². The van der Waals surface area contributed by atoms with Crippen molar-refractivity contribution < 1.29 is 22.7 Å². The van der Waals surface area contributed by atoms with Crippen LogP contribution in [0, 0.1) is 13.8 Å². The molecular formula is C29H27F3N4O3S. The Hall–Kier alpha value is -3.83. The molecule has 0 atom stereocenters. The fraction of sp³-hybridized carbons (Fsp3) is 0.276. The summed E-state index contributed by atoms with van der Waals surface area (Å²) in [6.45, 7) is 5.72. The van der Waals surface area contributed by atoms with E-state index in [0.29, 0.717) is 53.7 Å². The molecule has 4 aromatic rings. The number of thioether (sulfide) groups is 1. The molecule has 0 spiro atoms. The first-order valence-corrected chi connectivity index (χ1v) is 13.7. The highest BCUT2D eigenvalue weighted by Gasteiger charge is 2.32. The second-order valence-electron chi connectivity index (χ2n) is 9.44. The van der Waals surface area contributed by atoms with E-state index < -0.39 is 17.6 Å². The van der Waals surface area contributed by atoms with Crippen LogP contribution in [0.25, 0.3) is 16.6 Å². The lowest BCUT2D eigenvalue weighted by Gasteiger charge is -2.31. The van der Waals surface area contributed by atoms with E-state index in [0.717, 1.165) is 35.0 Å². The van der Waals surface area contributed by atoms with Gasteiger partial charge in [-0.1, -0.05) is 36.0 Å². The number of halogens is 3. The number of carbonyl (C=O) groups excluding carboxylic acids is 1. The van der Waals surface area contributed by atoms with Crippen LogP contribution in [0.4, 0.5) is 24.5 Å². The van der Waals surface area contributed by atoms with Crippen LogP contribution in [0.2, 0.25) is 0 Å². The first-order valence-electron chi connectivity index (χ1n) is 12.7. The van der Waals surface area contributed by atoms with Crippen molar-refractivity contribution in [2.24, 2.45) is 0 Å². The molecule has 1 saturated heterocycles. The zero-order valence-corrected chi connectivity index (χ0v) is 22.7. The first-order chi connectivity index (χ1) is 19.1. The number of rotatable bonds is 6. The molecule has 0 saturated carbocycles. The largest absolute Gasteiger partial charge is 0.416 e. The Labute approximate surface area is 233 Å². The summed E-state index contributed by atoms with van der Waals surface area (Å²) in [5.41, 5.74) is 2.47. The van der Waals surface area contributed by atoms with Gasteiger partial charge in [-0.2, -0.15) is 13.2 Å². The van der Waals surface area contributed by atoms with Crippen LogP contribution < -0.4 is 15.8 Å². The number of nitrogens with one attached hydrogen (secondary N) is 1. The van der Waals surface area contributed by atoms with Gasteiger partial charge in [0.15, 0.2) is 5.16 Å². The van der Waals surface area contributed by atoms with Crippen molar-refractivity contribution in [3.05, 3.63) is 87.7 Å². The molecule has 1 N–H and O–H groups in total. The minimum absolute atomic E-state index is 0.0701. The molecule has 1 fully saturated rings. The Bertz CT molecular complexity index is 1630. The summed E-state index contributed by atoms with van der Waals surface area (Å²) in [6.07, 6.45) is -4.56. The molecule has 5 rings (SSSR count). The van der Waals surface area contributed by atoms with E-state index in [2.05, 4.69) is 10.3 Å². The summed E-state index contributed by atoms with van der Waals surface area (Å²) in [7, 11) is 0. The van der Waals surface area contributed by atoms with E-state index >= 15 is 0 Å². The predicted octanol–water partition coefficient (Wildman–Crippen LogP) is 5.59. The lowest BCUT2D eigenvalue weighted by molar-refractivity contribution is -0.137. The number of para-hydroxylation sites is 1. The van der Waals surface area contributed by atoms with Crippen molar-refractivity contribution in [1.29, 1.82) is 0 Å². The molecule has 3 aromatic carbocycles. The topological polar surface area (TPSA) is 76.5 Å². The average Bonchev–Trinajstić information content (AvgIpc) is 2.94. The first kappa shape index (κ1) is 27.7. The third-order valence-electron chi connectivity index (χ3n) is 6.84. The number of benzene rings is 3. The number of ether oxygens (including phenoxy) is 1. The number of aryl methyl sites for hydroxylation is 1. The number of anilines is 2. The Morgan fingerprint density at radius 1 is 1.02 bits per heavy atom. The van der Waals surface area contributed by atoms with Crippen molar-refractivity contribution >= 4 is 39.9 Å². The highest BCUT2D eigenvalue weighted by molar-refractivity contribution is 7.99. The third kappa shape index (κ3) is 5.71. The molecular weight excluding hydrogens is 541 g/mol. The SMILES string of the molecule is Cc1cccc(-n2c(SCC(=O)Nc3cc(C(F)(F)F)ccc3N3CCOCC3)nc3ccccc3c2=O)c1C. The highest BCUT2D eigenvalue weighted by atomic mass is 32.2. The lowest BCUT2D eigenvalue weighted by Crippen LogP contribution is -2.37. The molecule has 0 unspecified atom stereocenters. The fourth-order valence-corrected chi connectivity index (χ4v) is 5.41. The monoisotopic (exact) mass is 568 g/mol. The molecule has 1 amide bonds. The number of fused-ring (bicyclic) bond motifs is 1. The summed E-state index contributed by atoms with van der Waals surface area (Å²) in [5.74, 6) is -0.692. The number of aromatic nitrogens is 2. The van der Waals surface area contributed by atoms with Crippen molar-refractivity contribution in [2.45, 2.75) is 25.2 Å². The molecule has 1 aromatic heterocycles. The highest BCUT2D eigenvalue weighted by Crippen LogP contribution is 2.36. The average molecular weight is 569 g/mol.